The molecule has 4 rings (SSSR count). The molecule has 0 saturated carbocycles. The summed E-state index contributed by atoms with van der Waals surface area (Å²) in [6.45, 7) is 1.67. The minimum absolute atomic E-state index is 0.210. The first kappa shape index (κ1) is 18.2. The molecule has 144 valence electrons. The Kier molecular flexibility index (Phi) is 4.41. The number of benzene rings is 1. The van der Waals surface area contributed by atoms with Gasteiger partial charge in [0.1, 0.15) is 0 Å². The minimum Gasteiger partial charge on any atom is -0.322 e. The van der Waals surface area contributed by atoms with Crippen LogP contribution in [0.5, 0.6) is 0 Å². The van der Waals surface area contributed by atoms with Crippen molar-refractivity contribution in [3.05, 3.63) is 70.7 Å². The maximum atomic E-state index is 12.7. The van der Waals surface area contributed by atoms with Gasteiger partial charge in [0.15, 0.2) is 5.82 Å². The van der Waals surface area contributed by atoms with E-state index in [1.165, 1.54) is 28.1 Å². The van der Waals surface area contributed by atoms with Crippen LogP contribution in [0.2, 0.25) is 0 Å². The van der Waals surface area contributed by atoms with Crippen molar-refractivity contribution in [1.82, 2.24) is 14.8 Å². The summed E-state index contributed by atoms with van der Waals surface area (Å²) in [7, 11) is 0. The van der Waals surface area contributed by atoms with Crippen LogP contribution in [0.3, 0.4) is 0 Å². The van der Waals surface area contributed by atoms with Crippen LogP contribution in [-0.2, 0) is 19.0 Å². The zero-order valence-electron chi connectivity index (χ0n) is 15.0. The summed E-state index contributed by atoms with van der Waals surface area (Å²) >= 11 is 0. The third kappa shape index (κ3) is 3.37. The molecule has 0 radical (unpaired) electrons. The zero-order chi connectivity index (χ0) is 19.9. The molecule has 0 atom stereocenters. The topological polar surface area (TPSA) is 59.8 Å². The Balaban J connectivity index is 1.55. The molecule has 0 spiro atoms. The average molecular weight is 386 g/mol. The van der Waals surface area contributed by atoms with Crippen molar-refractivity contribution in [2.75, 3.05) is 5.32 Å². The van der Waals surface area contributed by atoms with E-state index in [1.807, 2.05) is 18.2 Å². The highest BCUT2D eigenvalue weighted by molar-refractivity contribution is 6.05. The van der Waals surface area contributed by atoms with E-state index in [0.717, 1.165) is 31.5 Å². The highest BCUT2D eigenvalue weighted by atomic mass is 19.4. The van der Waals surface area contributed by atoms with Crippen LogP contribution >= 0.6 is 0 Å². The lowest BCUT2D eigenvalue weighted by Crippen LogP contribution is -2.13. The number of halogens is 3. The molecule has 0 saturated heterocycles. The third-order valence-corrected chi connectivity index (χ3v) is 4.90. The Morgan fingerprint density at radius 1 is 1.11 bits per heavy atom. The molecule has 0 fully saturated rings. The zero-order valence-corrected chi connectivity index (χ0v) is 15.0. The molecule has 0 bridgehead atoms. The largest absolute Gasteiger partial charge is 0.417 e. The number of carbonyl (C=O) groups excluding carboxylic acids is 1. The molecule has 1 aromatic carbocycles. The highest BCUT2D eigenvalue weighted by Gasteiger charge is 2.30. The van der Waals surface area contributed by atoms with Gasteiger partial charge in [-0.25, -0.2) is 9.67 Å². The number of carbonyl (C=O) groups is 1. The molecule has 2 aromatic heterocycles. The molecule has 1 aliphatic rings. The van der Waals surface area contributed by atoms with Crippen LogP contribution in [0.1, 0.15) is 39.2 Å². The van der Waals surface area contributed by atoms with Crippen LogP contribution in [0, 0.1) is 6.92 Å². The summed E-state index contributed by atoms with van der Waals surface area (Å²) in [6, 6.07) is 8.05. The molecular weight excluding hydrogens is 369 g/mol. The van der Waals surface area contributed by atoms with Gasteiger partial charge in [-0.3, -0.25) is 4.79 Å². The molecule has 0 aliphatic heterocycles. The summed E-state index contributed by atoms with van der Waals surface area (Å²) in [5, 5.41) is 6.97. The first-order chi connectivity index (χ1) is 13.3. The van der Waals surface area contributed by atoms with E-state index < -0.39 is 11.7 Å². The van der Waals surface area contributed by atoms with Gasteiger partial charge in [-0.15, -0.1) is 0 Å². The maximum absolute atomic E-state index is 12.7. The molecule has 8 heteroatoms. The molecular formula is C20H17F3N4O. The number of pyridine rings is 1. The SMILES string of the molecule is Cc1c(C(=O)Nc2ccc3c(c2)CCC3)cnn1-c1ccc(C(F)(F)F)cn1. The van der Waals surface area contributed by atoms with Gasteiger partial charge in [-0.05, 0) is 61.6 Å². The first-order valence-electron chi connectivity index (χ1n) is 8.84. The van der Waals surface area contributed by atoms with Crippen LogP contribution in [-0.4, -0.2) is 20.7 Å². The molecule has 3 aromatic rings. The molecule has 0 unspecified atom stereocenters. The lowest BCUT2D eigenvalue weighted by molar-refractivity contribution is -0.137. The van der Waals surface area contributed by atoms with Gasteiger partial charge in [-0.2, -0.15) is 18.3 Å². The predicted molar refractivity (Wildman–Crippen MR) is 97.5 cm³/mol. The summed E-state index contributed by atoms with van der Waals surface area (Å²) in [6.07, 6.45) is 0.883. The standard InChI is InChI=1S/C20H17F3N4O/c1-12-17(19(28)26-16-7-5-13-3-2-4-14(13)9-16)11-25-27(12)18-8-6-15(10-24-18)20(21,22)23/h5-11H,2-4H2,1H3,(H,26,28). The lowest BCUT2D eigenvalue weighted by atomic mass is 10.1. The van der Waals surface area contributed by atoms with Crippen molar-refractivity contribution < 1.29 is 18.0 Å². The van der Waals surface area contributed by atoms with Crippen molar-refractivity contribution in [3.8, 4) is 5.82 Å². The highest BCUT2D eigenvalue weighted by Crippen LogP contribution is 2.29. The van der Waals surface area contributed by atoms with E-state index in [4.69, 9.17) is 0 Å². The normalized spacial score (nSPS) is 13.4. The van der Waals surface area contributed by atoms with Gasteiger partial charge in [-0.1, -0.05) is 6.07 Å². The summed E-state index contributed by atoms with van der Waals surface area (Å²) in [4.78, 5) is 16.5. The van der Waals surface area contributed by atoms with Crippen molar-refractivity contribution >= 4 is 11.6 Å². The Morgan fingerprint density at radius 3 is 2.61 bits per heavy atom. The number of alkyl halides is 3. The van der Waals surface area contributed by atoms with Gasteiger partial charge >= 0.3 is 6.18 Å². The number of nitrogens with one attached hydrogen (secondary N) is 1. The number of nitrogens with zero attached hydrogens (tertiary/aromatic N) is 3. The molecule has 1 amide bonds. The van der Waals surface area contributed by atoms with Gasteiger partial charge in [0, 0.05) is 11.9 Å². The Labute approximate surface area is 159 Å². The quantitative estimate of drug-likeness (QED) is 0.729. The molecule has 28 heavy (non-hydrogen) atoms. The van der Waals surface area contributed by atoms with E-state index >= 15 is 0 Å². The van der Waals surface area contributed by atoms with Crippen LogP contribution in [0.4, 0.5) is 18.9 Å². The second kappa shape index (κ2) is 6.78. The summed E-state index contributed by atoms with van der Waals surface area (Å²) in [5.41, 5.74) is 3.27. The summed E-state index contributed by atoms with van der Waals surface area (Å²) < 4.78 is 39.4. The second-order valence-electron chi connectivity index (χ2n) is 6.75. The van der Waals surface area contributed by atoms with Crippen molar-refractivity contribution in [1.29, 1.82) is 0 Å². The predicted octanol–water partition coefficient (Wildman–Crippen LogP) is 4.34. The number of fused-ring (bicyclic) bond motifs is 1. The van der Waals surface area contributed by atoms with Crippen molar-refractivity contribution in [2.24, 2.45) is 0 Å². The fraction of sp³-hybridized carbons (Fsp3) is 0.250. The fourth-order valence-electron chi connectivity index (χ4n) is 3.39. The van der Waals surface area contributed by atoms with E-state index in [2.05, 4.69) is 15.4 Å². The van der Waals surface area contributed by atoms with E-state index in [-0.39, 0.29) is 11.7 Å². The molecule has 1 aliphatic carbocycles. The molecule has 1 N–H and O–H groups in total. The van der Waals surface area contributed by atoms with Crippen molar-refractivity contribution in [3.63, 3.8) is 0 Å². The van der Waals surface area contributed by atoms with E-state index in [9.17, 15) is 18.0 Å². The number of hydrogen-bond acceptors (Lipinski definition) is 3. The number of aromatic nitrogens is 3. The maximum Gasteiger partial charge on any atom is 0.417 e. The van der Waals surface area contributed by atoms with Crippen LogP contribution in [0.15, 0.2) is 42.7 Å². The number of amides is 1. The molecule has 5 nitrogen and oxygen atoms in total. The van der Waals surface area contributed by atoms with E-state index in [1.54, 1.807) is 6.92 Å². The number of aryl methyl sites for hydroxylation is 2. The van der Waals surface area contributed by atoms with E-state index in [0.29, 0.717) is 16.9 Å². The van der Waals surface area contributed by atoms with Crippen molar-refractivity contribution in [2.45, 2.75) is 32.4 Å². The third-order valence-electron chi connectivity index (χ3n) is 4.90. The Bertz CT molecular complexity index is 1040. The average Bonchev–Trinajstić information content (AvgIpc) is 3.27. The smallest absolute Gasteiger partial charge is 0.322 e. The fourth-order valence-corrected chi connectivity index (χ4v) is 3.39. The second-order valence-corrected chi connectivity index (χ2v) is 6.75. The summed E-state index contributed by atoms with van der Waals surface area (Å²) in [5.74, 6) is -0.115. The van der Waals surface area contributed by atoms with Crippen LogP contribution in [0.25, 0.3) is 5.82 Å². The lowest BCUT2D eigenvalue weighted by Gasteiger charge is -2.09. The van der Waals surface area contributed by atoms with Gasteiger partial charge in [0.25, 0.3) is 5.91 Å². The first-order valence-corrected chi connectivity index (χ1v) is 8.84. The molecule has 2 heterocycles. The van der Waals surface area contributed by atoms with Crippen LogP contribution < -0.4 is 5.32 Å². The van der Waals surface area contributed by atoms with Gasteiger partial charge in [0.05, 0.1) is 23.0 Å². The Morgan fingerprint density at radius 2 is 1.89 bits per heavy atom. The number of hydrogen-bond donors (Lipinski definition) is 1. The monoisotopic (exact) mass is 386 g/mol. The van der Waals surface area contributed by atoms with Gasteiger partial charge < -0.3 is 5.32 Å². The van der Waals surface area contributed by atoms with Gasteiger partial charge in [0.2, 0.25) is 0 Å². The number of rotatable bonds is 3. The number of anilines is 1. The minimum atomic E-state index is -4.45. The Hall–Kier alpha value is -3.16.